The van der Waals surface area contributed by atoms with Gasteiger partial charge in [0, 0.05) is 28.6 Å². The minimum absolute atomic E-state index is 0.0707. The van der Waals surface area contributed by atoms with Gasteiger partial charge in [-0.15, -0.1) is 0 Å². The van der Waals surface area contributed by atoms with Crippen molar-refractivity contribution in [2.45, 2.75) is 115 Å². The average Bonchev–Trinajstić information content (AvgIpc) is 3.08. The van der Waals surface area contributed by atoms with Crippen molar-refractivity contribution >= 4 is 11.4 Å². The monoisotopic (exact) mass is 600 g/mol. The highest BCUT2D eigenvalue weighted by Gasteiger charge is 2.38. The molecule has 0 aromatic heterocycles. The van der Waals surface area contributed by atoms with Crippen molar-refractivity contribution in [1.82, 2.24) is 0 Å². The molecular weight excluding hydrogens is 544 g/mol. The van der Waals surface area contributed by atoms with E-state index < -0.39 is 0 Å². The second-order valence-corrected chi connectivity index (χ2v) is 13.8. The fraction of sp³-hybridized carbons (Fsp3) is 0.442. The van der Waals surface area contributed by atoms with Crippen LogP contribution in [0.5, 0.6) is 0 Å². The van der Waals surface area contributed by atoms with E-state index in [1.807, 2.05) is 24.3 Å². The minimum atomic E-state index is 0.0707. The molecule has 0 spiro atoms. The van der Waals surface area contributed by atoms with E-state index in [-0.39, 0.29) is 5.41 Å². The Kier molecular flexibility index (Phi) is 11.4. The number of hydrogen-bond acceptors (Lipinski definition) is 2. The first-order valence-corrected chi connectivity index (χ1v) is 17.9. The number of rotatable bonds is 14. The number of nitrogens with two attached hydrogens (primary N) is 2. The Morgan fingerprint density at radius 1 is 0.533 bits per heavy atom. The lowest BCUT2D eigenvalue weighted by Gasteiger charge is -2.42. The SMILES string of the molecule is CCCCCC1CCC(c2ccc(C(CCC)c3ccc(N)cc3)cc2)(c2ccc(C(CCC)c3ccc(N)cc3)cc2)CC1. The van der Waals surface area contributed by atoms with Crippen LogP contribution in [0.2, 0.25) is 0 Å². The Morgan fingerprint density at radius 2 is 0.911 bits per heavy atom. The van der Waals surface area contributed by atoms with Crippen molar-refractivity contribution in [2.75, 3.05) is 11.5 Å². The van der Waals surface area contributed by atoms with Gasteiger partial charge in [-0.25, -0.2) is 0 Å². The Balaban J connectivity index is 1.46. The van der Waals surface area contributed by atoms with Gasteiger partial charge in [0.1, 0.15) is 0 Å². The molecule has 238 valence electrons. The number of hydrogen-bond donors (Lipinski definition) is 2. The van der Waals surface area contributed by atoms with Crippen LogP contribution >= 0.6 is 0 Å². The van der Waals surface area contributed by atoms with Crippen LogP contribution in [0.4, 0.5) is 11.4 Å². The zero-order valence-corrected chi connectivity index (χ0v) is 28.1. The van der Waals surface area contributed by atoms with Crippen molar-refractivity contribution in [3.8, 4) is 0 Å². The molecule has 4 aromatic rings. The second kappa shape index (κ2) is 15.7. The van der Waals surface area contributed by atoms with E-state index in [1.165, 1.54) is 84.7 Å². The fourth-order valence-electron chi connectivity index (χ4n) is 8.04. The van der Waals surface area contributed by atoms with E-state index in [0.29, 0.717) is 11.8 Å². The lowest BCUT2D eigenvalue weighted by molar-refractivity contribution is 0.250. The number of benzene rings is 4. The molecule has 5 rings (SSSR count). The van der Waals surface area contributed by atoms with Gasteiger partial charge in [-0.2, -0.15) is 0 Å². The summed E-state index contributed by atoms with van der Waals surface area (Å²) < 4.78 is 0. The molecule has 1 fully saturated rings. The Labute approximate surface area is 273 Å². The quantitative estimate of drug-likeness (QED) is 0.112. The van der Waals surface area contributed by atoms with Gasteiger partial charge in [-0.3, -0.25) is 0 Å². The highest BCUT2D eigenvalue weighted by atomic mass is 14.5. The van der Waals surface area contributed by atoms with Gasteiger partial charge >= 0.3 is 0 Å². The summed E-state index contributed by atoms with van der Waals surface area (Å²) in [6, 6.07) is 36.6. The third-order valence-electron chi connectivity index (χ3n) is 10.7. The van der Waals surface area contributed by atoms with E-state index in [0.717, 1.165) is 43.0 Å². The molecule has 0 aliphatic heterocycles. The van der Waals surface area contributed by atoms with Gasteiger partial charge in [0.15, 0.2) is 0 Å². The Morgan fingerprint density at radius 3 is 1.27 bits per heavy atom. The molecule has 0 radical (unpaired) electrons. The predicted molar refractivity (Wildman–Crippen MR) is 195 cm³/mol. The van der Waals surface area contributed by atoms with Crippen molar-refractivity contribution in [3.05, 3.63) is 130 Å². The Hall–Kier alpha value is -3.52. The van der Waals surface area contributed by atoms with E-state index in [1.54, 1.807) is 0 Å². The number of nitrogen functional groups attached to an aromatic ring is 2. The lowest BCUT2D eigenvalue weighted by atomic mass is 9.62. The standard InChI is InChI=1S/C43H56N2/c1-4-7-8-11-32-28-30-43(31-29-32,37-20-12-33(13-21-37)41(9-5-2)35-16-24-39(44)25-17-35)38-22-14-34(15-23-38)42(10-6-3)36-18-26-40(45)27-19-36/h12-27,32,41-42H,4-11,28-31,44-45H2,1-3H3. The molecule has 0 amide bonds. The van der Waals surface area contributed by atoms with Gasteiger partial charge in [-0.1, -0.05) is 132 Å². The molecule has 0 saturated heterocycles. The van der Waals surface area contributed by atoms with Gasteiger partial charge in [-0.05, 0) is 102 Å². The van der Waals surface area contributed by atoms with Crippen molar-refractivity contribution in [3.63, 3.8) is 0 Å². The van der Waals surface area contributed by atoms with Gasteiger partial charge < -0.3 is 11.5 Å². The lowest BCUT2D eigenvalue weighted by Crippen LogP contribution is -2.33. The minimum Gasteiger partial charge on any atom is -0.399 e. The normalized spacial score (nSPS) is 19.7. The second-order valence-electron chi connectivity index (χ2n) is 13.8. The van der Waals surface area contributed by atoms with Crippen molar-refractivity contribution < 1.29 is 0 Å². The molecule has 2 nitrogen and oxygen atoms in total. The third kappa shape index (κ3) is 7.83. The maximum absolute atomic E-state index is 6.03. The Bertz CT molecular complexity index is 1330. The number of unbranched alkanes of at least 4 members (excludes halogenated alkanes) is 2. The molecule has 2 unspecified atom stereocenters. The van der Waals surface area contributed by atoms with E-state index in [2.05, 4.69) is 93.6 Å². The number of anilines is 2. The molecule has 2 heteroatoms. The summed E-state index contributed by atoms with van der Waals surface area (Å²) in [6.07, 6.45) is 15.1. The summed E-state index contributed by atoms with van der Waals surface area (Å²) in [6.45, 7) is 6.89. The molecule has 2 atom stereocenters. The predicted octanol–water partition coefficient (Wildman–Crippen LogP) is 11.8. The van der Waals surface area contributed by atoms with Crippen molar-refractivity contribution in [2.24, 2.45) is 5.92 Å². The zero-order chi connectivity index (χ0) is 31.6. The summed E-state index contributed by atoms with van der Waals surface area (Å²) in [5.41, 5.74) is 22.3. The maximum Gasteiger partial charge on any atom is 0.0314 e. The zero-order valence-electron chi connectivity index (χ0n) is 28.1. The first-order chi connectivity index (χ1) is 22.0. The molecule has 1 saturated carbocycles. The largest absolute Gasteiger partial charge is 0.399 e. The van der Waals surface area contributed by atoms with E-state index in [4.69, 9.17) is 11.5 Å². The van der Waals surface area contributed by atoms with Gasteiger partial charge in [0.05, 0.1) is 0 Å². The fourth-order valence-corrected chi connectivity index (χ4v) is 8.04. The molecule has 4 N–H and O–H groups in total. The highest BCUT2D eigenvalue weighted by molar-refractivity contribution is 5.47. The van der Waals surface area contributed by atoms with Crippen LogP contribution in [0.3, 0.4) is 0 Å². The van der Waals surface area contributed by atoms with Crippen LogP contribution in [0.1, 0.15) is 143 Å². The van der Waals surface area contributed by atoms with Crippen LogP contribution in [-0.2, 0) is 5.41 Å². The third-order valence-corrected chi connectivity index (χ3v) is 10.7. The summed E-state index contributed by atoms with van der Waals surface area (Å²) >= 11 is 0. The smallest absolute Gasteiger partial charge is 0.0314 e. The molecule has 4 aromatic carbocycles. The molecule has 1 aliphatic carbocycles. The van der Waals surface area contributed by atoms with Crippen LogP contribution in [-0.4, -0.2) is 0 Å². The average molecular weight is 601 g/mol. The molecule has 45 heavy (non-hydrogen) atoms. The maximum atomic E-state index is 6.03. The first-order valence-electron chi connectivity index (χ1n) is 17.9. The summed E-state index contributed by atoms with van der Waals surface area (Å²) in [5, 5.41) is 0. The van der Waals surface area contributed by atoms with E-state index in [9.17, 15) is 0 Å². The topological polar surface area (TPSA) is 52.0 Å². The molecule has 1 aliphatic rings. The first kappa shape index (κ1) is 32.9. The van der Waals surface area contributed by atoms with Crippen LogP contribution in [0.25, 0.3) is 0 Å². The molecule has 0 heterocycles. The van der Waals surface area contributed by atoms with E-state index >= 15 is 0 Å². The summed E-state index contributed by atoms with van der Waals surface area (Å²) in [5.74, 6) is 1.66. The summed E-state index contributed by atoms with van der Waals surface area (Å²) in [4.78, 5) is 0. The highest BCUT2D eigenvalue weighted by Crippen LogP contribution is 2.48. The van der Waals surface area contributed by atoms with Crippen molar-refractivity contribution in [1.29, 1.82) is 0 Å². The van der Waals surface area contributed by atoms with Crippen LogP contribution in [0, 0.1) is 5.92 Å². The van der Waals surface area contributed by atoms with Gasteiger partial charge in [0.25, 0.3) is 0 Å². The van der Waals surface area contributed by atoms with Gasteiger partial charge in [0.2, 0.25) is 0 Å². The van der Waals surface area contributed by atoms with Crippen LogP contribution < -0.4 is 11.5 Å². The molecule has 0 bridgehead atoms. The molecular formula is C43H56N2. The van der Waals surface area contributed by atoms with Crippen LogP contribution in [0.15, 0.2) is 97.1 Å². The summed E-state index contributed by atoms with van der Waals surface area (Å²) in [7, 11) is 0.